The summed E-state index contributed by atoms with van der Waals surface area (Å²) in [6.45, 7) is 10.5. The number of aliphatic hydroxyl groups excluding tert-OH is 1. The maximum atomic E-state index is 9.78. The fourth-order valence-corrected chi connectivity index (χ4v) is 1.61. The van der Waals surface area contributed by atoms with Crippen molar-refractivity contribution in [3.05, 3.63) is 42.0 Å². The van der Waals surface area contributed by atoms with E-state index in [2.05, 4.69) is 18.0 Å². The summed E-state index contributed by atoms with van der Waals surface area (Å²) >= 11 is 0. The molecule has 2 atom stereocenters. The minimum absolute atomic E-state index is 0.195. The highest BCUT2D eigenvalue weighted by Gasteiger charge is 2.07. The molecule has 3 heteroatoms. The largest absolute Gasteiger partial charge is 0.491 e. The van der Waals surface area contributed by atoms with E-state index < -0.39 is 6.10 Å². The van der Waals surface area contributed by atoms with E-state index in [4.69, 9.17) is 4.74 Å². The maximum Gasteiger partial charge on any atom is 0.122 e. The molecular weight excluding hydrogens is 226 g/mol. The van der Waals surface area contributed by atoms with Gasteiger partial charge >= 0.3 is 0 Å². The van der Waals surface area contributed by atoms with Crippen molar-refractivity contribution >= 4 is 0 Å². The molecule has 0 saturated heterocycles. The molecule has 0 aromatic heterocycles. The third-order valence-corrected chi connectivity index (χ3v) is 2.79. The van der Waals surface area contributed by atoms with Crippen molar-refractivity contribution in [3.63, 3.8) is 0 Å². The second kappa shape index (κ2) is 7.19. The van der Waals surface area contributed by atoms with Gasteiger partial charge in [0.25, 0.3) is 0 Å². The van der Waals surface area contributed by atoms with E-state index in [1.165, 1.54) is 5.56 Å². The van der Waals surface area contributed by atoms with Gasteiger partial charge in [-0.1, -0.05) is 23.8 Å². The highest BCUT2D eigenvalue weighted by molar-refractivity contribution is 5.35. The first-order chi connectivity index (χ1) is 8.52. The fourth-order valence-electron chi connectivity index (χ4n) is 1.61. The molecule has 2 unspecified atom stereocenters. The number of nitrogens with one attached hydrogen (secondary N) is 1. The van der Waals surface area contributed by atoms with E-state index in [1.54, 1.807) is 6.08 Å². The molecule has 1 aromatic carbocycles. The van der Waals surface area contributed by atoms with Gasteiger partial charge in [0.05, 0.1) is 0 Å². The Hall–Kier alpha value is -1.32. The van der Waals surface area contributed by atoms with Crippen LogP contribution in [-0.4, -0.2) is 30.4 Å². The van der Waals surface area contributed by atoms with Crippen LogP contribution in [0.1, 0.15) is 18.1 Å². The molecule has 0 heterocycles. The Kier molecular flexibility index (Phi) is 5.89. The van der Waals surface area contributed by atoms with E-state index in [1.807, 2.05) is 32.9 Å². The van der Waals surface area contributed by atoms with Gasteiger partial charge in [-0.3, -0.25) is 0 Å². The monoisotopic (exact) mass is 249 g/mol. The highest BCUT2D eigenvalue weighted by atomic mass is 16.5. The van der Waals surface area contributed by atoms with Crippen molar-refractivity contribution in [3.8, 4) is 5.75 Å². The lowest BCUT2D eigenvalue weighted by molar-refractivity contribution is 0.105. The van der Waals surface area contributed by atoms with E-state index in [-0.39, 0.29) is 6.04 Å². The summed E-state index contributed by atoms with van der Waals surface area (Å²) < 4.78 is 5.60. The Morgan fingerprint density at radius 2 is 2.17 bits per heavy atom. The highest BCUT2D eigenvalue weighted by Crippen LogP contribution is 2.18. The standard InChI is InChI=1S/C15H23NO2/c1-5-13(4)16-9-14(17)10-18-15-7-6-11(2)8-12(15)3/h5-8,13-14,16-17H,1,9-10H2,2-4H3. The second-order valence-corrected chi connectivity index (χ2v) is 4.67. The minimum Gasteiger partial charge on any atom is -0.491 e. The molecule has 0 aliphatic carbocycles. The maximum absolute atomic E-state index is 9.78. The lowest BCUT2D eigenvalue weighted by Gasteiger charge is -2.16. The van der Waals surface area contributed by atoms with Crippen LogP contribution in [0.15, 0.2) is 30.9 Å². The summed E-state index contributed by atoms with van der Waals surface area (Å²) in [5, 5.41) is 12.9. The predicted molar refractivity (Wildman–Crippen MR) is 75.1 cm³/mol. The summed E-state index contributed by atoms with van der Waals surface area (Å²) in [6.07, 6.45) is 1.28. The van der Waals surface area contributed by atoms with Gasteiger partial charge in [-0.15, -0.1) is 6.58 Å². The number of hydrogen-bond acceptors (Lipinski definition) is 3. The van der Waals surface area contributed by atoms with Gasteiger partial charge in [0, 0.05) is 12.6 Å². The van der Waals surface area contributed by atoms with Crippen LogP contribution in [0.25, 0.3) is 0 Å². The third-order valence-electron chi connectivity index (χ3n) is 2.79. The average molecular weight is 249 g/mol. The first kappa shape index (κ1) is 14.7. The van der Waals surface area contributed by atoms with E-state index in [9.17, 15) is 5.11 Å². The number of rotatable bonds is 7. The molecule has 100 valence electrons. The van der Waals surface area contributed by atoms with E-state index in [0.717, 1.165) is 11.3 Å². The molecule has 0 amide bonds. The van der Waals surface area contributed by atoms with E-state index in [0.29, 0.717) is 13.2 Å². The van der Waals surface area contributed by atoms with Crippen LogP contribution < -0.4 is 10.1 Å². The van der Waals surface area contributed by atoms with Crippen molar-refractivity contribution < 1.29 is 9.84 Å². The zero-order valence-electron chi connectivity index (χ0n) is 11.4. The van der Waals surface area contributed by atoms with Gasteiger partial charge in [0.1, 0.15) is 18.5 Å². The van der Waals surface area contributed by atoms with Gasteiger partial charge in [-0.25, -0.2) is 0 Å². The molecule has 1 rings (SSSR count). The Bertz CT molecular complexity index is 390. The molecule has 0 bridgehead atoms. The lowest BCUT2D eigenvalue weighted by Crippen LogP contribution is -2.35. The van der Waals surface area contributed by atoms with Crippen LogP contribution in [0.2, 0.25) is 0 Å². The third kappa shape index (κ3) is 4.90. The summed E-state index contributed by atoms with van der Waals surface area (Å²) in [5.74, 6) is 0.830. The molecule has 0 fully saturated rings. The second-order valence-electron chi connectivity index (χ2n) is 4.67. The molecule has 0 aliphatic heterocycles. The van der Waals surface area contributed by atoms with Crippen molar-refractivity contribution in [2.24, 2.45) is 0 Å². The Morgan fingerprint density at radius 1 is 1.44 bits per heavy atom. The van der Waals surface area contributed by atoms with Crippen LogP contribution in [0.4, 0.5) is 0 Å². The molecular formula is C15H23NO2. The SMILES string of the molecule is C=CC(C)NCC(O)COc1ccc(C)cc1C. The number of ether oxygens (including phenoxy) is 1. The van der Waals surface area contributed by atoms with Gasteiger partial charge in [-0.05, 0) is 32.4 Å². The molecule has 2 N–H and O–H groups in total. The van der Waals surface area contributed by atoms with Crippen molar-refractivity contribution in [1.29, 1.82) is 0 Å². The van der Waals surface area contributed by atoms with Crippen LogP contribution >= 0.6 is 0 Å². The van der Waals surface area contributed by atoms with Crippen LogP contribution in [-0.2, 0) is 0 Å². The average Bonchev–Trinajstić information content (AvgIpc) is 2.34. The predicted octanol–water partition coefficient (Wildman–Crippen LogP) is 2.21. The first-order valence-electron chi connectivity index (χ1n) is 6.27. The van der Waals surface area contributed by atoms with Crippen molar-refractivity contribution in [1.82, 2.24) is 5.32 Å². The smallest absolute Gasteiger partial charge is 0.122 e. The van der Waals surface area contributed by atoms with Gasteiger partial charge in [0.2, 0.25) is 0 Å². The quantitative estimate of drug-likeness (QED) is 0.728. The molecule has 3 nitrogen and oxygen atoms in total. The Morgan fingerprint density at radius 3 is 2.78 bits per heavy atom. The number of aryl methyl sites for hydroxylation is 2. The normalized spacial score (nSPS) is 14.0. The Balaban J connectivity index is 2.37. The summed E-state index contributed by atoms with van der Waals surface area (Å²) in [7, 11) is 0. The molecule has 0 spiro atoms. The van der Waals surface area contributed by atoms with Crippen molar-refractivity contribution in [2.75, 3.05) is 13.2 Å². The molecule has 1 aromatic rings. The summed E-state index contributed by atoms with van der Waals surface area (Å²) in [4.78, 5) is 0. The number of benzene rings is 1. The van der Waals surface area contributed by atoms with Crippen LogP contribution in [0.5, 0.6) is 5.75 Å². The van der Waals surface area contributed by atoms with Gasteiger partial charge in [-0.2, -0.15) is 0 Å². The Labute approximate surface area is 109 Å². The number of aliphatic hydroxyl groups is 1. The zero-order chi connectivity index (χ0) is 13.5. The molecule has 0 aliphatic rings. The first-order valence-corrected chi connectivity index (χ1v) is 6.27. The molecule has 0 radical (unpaired) electrons. The number of hydrogen-bond donors (Lipinski definition) is 2. The van der Waals surface area contributed by atoms with Crippen molar-refractivity contribution in [2.45, 2.75) is 32.9 Å². The van der Waals surface area contributed by atoms with Gasteiger partial charge in [0.15, 0.2) is 0 Å². The summed E-state index contributed by atoms with van der Waals surface area (Å²) in [6, 6.07) is 6.21. The fraction of sp³-hybridized carbons (Fsp3) is 0.467. The van der Waals surface area contributed by atoms with Crippen LogP contribution in [0, 0.1) is 13.8 Å². The summed E-state index contributed by atoms with van der Waals surface area (Å²) in [5.41, 5.74) is 2.30. The van der Waals surface area contributed by atoms with Crippen LogP contribution in [0.3, 0.4) is 0 Å². The lowest BCUT2D eigenvalue weighted by atomic mass is 10.1. The topological polar surface area (TPSA) is 41.5 Å². The van der Waals surface area contributed by atoms with E-state index >= 15 is 0 Å². The van der Waals surface area contributed by atoms with Gasteiger partial charge < -0.3 is 15.2 Å². The molecule has 0 saturated carbocycles. The zero-order valence-corrected chi connectivity index (χ0v) is 11.4. The minimum atomic E-state index is -0.520. The molecule has 18 heavy (non-hydrogen) atoms.